The third kappa shape index (κ3) is 5.25. The third-order valence-corrected chi connectivity index (χ3v) is 7.00. The van der Waals surface area contributed by atoms with E-state index >= 15 is 4.39 Å². The van der Waals surface area contributed by atoms with Gasteiger partial charge in [-0.1, -0.05) is 18.2 Å². The molecule has 12 heteroatoms. The summed E-state index contributed by atoms with van der Waals surface area (Å²) >= 11 is 0. The highest BCUT2D eigenvalue weighted by molar-refractivity contribution is 6.01. The zero-order valence-electron chi connectivity index (χ0n) is 21.3. The minimum Gasteiger partial charge on any atom is -0.497 e. The van der Waals surface area contributed by atoms with Crippen LogP contribution in [0, 0.1) is 11.6 Å². The van der Waals surface area contributed by atoms with Gasteiger partial charge in [0.05, 0.1) is 30.8 Å². The molecule has 0 bridgehead atoms. The highest BCUT2D eigenvalue weighted by Gasteiger charge is 2.40. The number of piperazine rings is 1. The zero-order chi connectivity index (χ0) is 28.6. The molecular weight excluding hydrogens is 535 g/mol. The Labute approximate surface area is 226 Å². The van der Waals surface area contributed by atoms with Gasteiger partial charge in [0.1, 0.15) is 23.1 Å². The minimum absolute atomic E-state index is 0.0210. The Morgan fingerprint density at radius 2 is 1.68 bits per heavy atom. The SMILES string of the molecule is COc1cccc(N2CCN(C3=Nc4c(F)cccc4C(CC(=O)O)N3c3cc(C(F)(F)F)ccc3F)CC2)c1. The van der Waals surface area contributed by atoms with Crippen LogP contribution in [0.4, 0.5) is 39.0 Å². The number of guanidine groups is 1. The summed E-state index contributed by atoms with van der Waals surface area (Å²) in [7, 11) is 1.56. The summed E-state index contributed by atoms with van der Waals surface area (Å²) in [6.45, 7) is 1.52. The zero-order valence-corrected chi connectivity index (χ0v) is 21.3. The highest BCUT2D eigenvalue weighted by Crippen LogP contribution is 2.44. The number of benzene rings is 3. The number of aliphatic carboxylic acids is 1. The van der Waals surface area contributed by atoms with E-state index in [0.717, 1.165) is 10.6 Å². The standard InChI is InChI=1S/C28H25F5N4O3/c1-40-19-5-2-4-18(15-19)35-10-12-36(13-11-35)27-34-26-20(6-3-7-22(26)30)23(16-25(38)39)37(27)24-14-17(28(31,32)33)8-9-21(24)29/h2-9,14-15,23H,10-13,16H2,1H3,(H,38,39). The molecule has 1 atom stereocenters. The molecule has 2 aliphatic heterocycles. The molecule has 7 nitrogen and oxygen atoms in total. The molecule has 0 aliphatic carbocycles. The number of hydrogen-bond acceptors (Lipinski definition) is 6. The van der Waals surface area contributed by atoms with E-state index in [9.17, 15) is 27.5 Å². The molecule has 0 aromatic heterocycles. The van der Waals surface area contributed by atoms with E-state index in [-0.39, 0.29) is 17.2 Å². The summed E-state index contributed by atoms with van der Waals surface area (Å²) in [5.41, 5.74) is -0.693. The van der Waals surface area contributed by atoms with E-state index in [2.05, 4.69) is 9.89 Å². The van der Waals surface area contributed by atoms with Gasteiger partial charge in [-0.05, 0) is 36.4 Å². The number of carboxylic acid groups (broad SMARTS) is 1. The topological polar surface area (TPSA) is 68.6 Å². The second-order valence-electron chi connectivity index (χ2n) is 9.41. The Morgan fingerprint density at radius 1 is 0.975 bits per heavy atom. The first-order chi connectivity index (χ1) is 19.1. The van der Waals surface area contributed by atoms with Crippen LogP contribution in [-0.4, -0.2) is 55.2 Å². The van der Waals surface area contributed by atoms with Gasteiger partial charge in [-0.2, -0.15) is 13.2 Å². The number of carbonyl (C=O) groups is 1. The number of alkyl halides is 3. The molecule has 3 aromatic carbocycles. The van der Waals surface area contributed by atoms with Gasteiger partial charge in [-0.3, -0.25) is 4.79 Å². The van der Waals surface area contributed by atoms with Crippen molar-refractivity contribution in [2.24, 2.45) is 4.99 Å². The van der Waals surface area contributed by atoms with Crippen LogP contribution in [-0.2, 0) is 11.0 Å². The number of hydrogen-bond donors (Lipinski definition) is 1. The van der Waals surface area contributed by atoms with Gasteiger partial charge < -0.3 is 24.5 Å². The Morgan fingerprint density at radius 3 is 2.35 bits per heavy atom. The van der Waals surface area contributed by atoms with Crippen LogP contribution in [0.25, 0.3) is 0 Å². The minimum atomic E-state index is -4.77. The predicted molar refractivity (Wildman–Crippen MR) is 139 cm³/mol. The van der Waals surface area contributed by atoms with Crippen molar-refractivity contribution in [1.29, 1.82) is 0 Å². The van der Waals surface area contributed by atoms with Crippen molar-refractivity contribution in [3.63, 3.8) is 0 Å². The van der Waals surface area contributed by atoms with E-state index in [1.807, 2.05) is 24.3 Å². The first-order valence-electron chi connectivity index (χ1n) is 12.5. The quantitative estimate of drug-likeness (QED) is 0.396. The molecule has 40 heavy (non-hydrogen) atoms. The summed E-state index contributed by atoms with van der Waals surface area (Å²) in [6.07, 6.45) is -5.40. The fourth-order valence-corrected chi connectivity index (χ4v) is 5.06. The first kappa shape index (κ1) is 27.2. The maximum absolute atomic E-state index is 15.3. The molecule has 1 fully saturated rings. The lowest BCUT2D eigenvalue weighted by atomic mass is 9.96. The van der Waals surface area contributed by atoms with E-state index in [0.29, 0.717) is 50.1 Å². The van der Waals surface area contributed by atoms with Crippen LogP contribution in [0.1, 0.15) is 23.6 Å². The Hall–Kier alpha value is -4.35. The van der Waals surface area contributed by atoms with Crippen molar-refractivity contribution in [3.8, 4) is 5.75 Å². The van der Waals surface area contributed by atoms with Gasteiger partial charge in [0.25, 0.3) is 0 Å². The summed E-state index contributed by atoms with van der Waals surface area (Å²) in [5, 5.41) is 9.71. The third-order valence-electron chi connectivity index (χ3n) is 7.00. The molecule has 5 rings (SSSR count). The maximum atomic E-state index is 15.3. The molecule has 1 saturated heterocycles. The molecule has 0 radical (unpaired) electrons. The van der Waals surface area contributed by atoms with Crippen LogP contribution in [0.3, 0.4) is 0 Å². The summed E-state index contributed by atoms with van der Waals surface area (Å²) in [6, 6.07) is 12.1. The van der Waals surface area contributed by atoms with Crippen molar-refractivity contribution in [3.05, 3.63) is 83.4 Å². The Kier molecular flexibility index (Phi) is 7.26. The fourth-order valence-electron chi connectivity index (χ4n) is 5.06. The smallest absolute Gasteiger partial charge is 0.416 e. The van der Waals surface area contributed by atoms with E-state index in [1.165, 1.54) is 18.2 Å². The van der Waals surface area contributed by atoms with Gasteiger partial charge in [0.15, 0.2) is 0 Å². The van der Waals surface area contributed by atoms with Crippen molar-refractivity contribution < 1.29 is 36.6 Å². The highest BCUT2D eigenvalue weighted by atomic mass is 19.4. The molecule has 2 heterocycles. The molecule has 2 aliphatic rings. The molecule has 210 valence electrons. The normalized spacial score (nSPS) is 17.4. The number of carboxylic acids is 1. The number of anilines is 2. The molecular formula is C28H25F5N4O3. The number of para-hydroxylation sites is 1. The summed E-state index contributed by atoms with van der Waals surface area (Å²) < 4.78 is 76.5. The predicted octanol–water partition coefficient (Wildman–Crippen LogP) is 5.84. The lowest BCUT2D eigenvalue weighted by molar-refractivity contribution is -0.138. The number of aliphatic imine (C=N–C) groups is 1. The first-order valence-corrected chi connectivity index (χ1v) is 12.5. The van der Waals surface area contributed by atoms with Crippen LogP contribution >= 0.6 is 0 Å². The van der Waals surface area contributed by atoms with Crippen molar-refractivity contribution in [2.45, 2.75) is 18.6 Å². The van der Waals surface area contributed by atoms with E-state index in [1.54, 1.807) is 12.0 Å². The monoisotopic (exact) mass is 560 g/mol. The average Bonchev–Trinajstić information content (AvgIpc) is 2.93. The van der Waals surface area contributed by atoms with Crippen molar-refractivity contribution in [2.75, 3.05) is 43.1 Å². The number of methoxy groups -OCH3 is 1. The molecule has 0 spiro atoms. The number of ether oxygens (including phenoxy) is 1. The molecule has 3 aromatic rings. The molecule has 1 N–H and O–H groups in total. The lowest BCUT2D eigenvalue weighted by Gasteiger charge is -2.45. The van der Waals surface area contributed by atoms with Gasteiger partial charge in [-0.15, -0.1) is 0 Å². The summed E-state index contributed by atoms with van der Waals surface area (Å²) in [5.74, 6) is -2.35. The van der Waals surface area contributed by atoms with E-state index < -0.39 is 47.5 Å². The van der Waals surface area contributed by atoms with Gasteiger partial charge in [0, 0.05) is 43.5 Å². The van der Waals surface area contributed by atoms with Crippen LogP contribution < -0.4 is 14.5 Å². The van der Waals surface area contributed by atoms with Crippen LogP contribution in [0.15, 0.2) is 65.7 Å². The van der Waals surface area contributed by atoms with Gasteiger partial charge in [-0.25, -0.2) is 13.8 Å². The molecule has 0 amide bonds. The largest absolute Gasteiger partial charge is 0.497 e. The van der Waals surface area contributed by atoms with E-state index in [4.69, 9.17) is 4.74 Å². The summed E-state index contributed by atoms with van der Waals surface area (Å²) in [4.78, 5) is 21.3. The maximum Gasteiger partial charge on any atom is 0.416 e. The van der Waals surface area contributed by atoms with Crippen molar-refractivity contribution >= 4 is 29.0 Å². The lowest BCUT2D eigenvalue weighted by Crippen LogP contribution is -2.55. The second-order valence-corrected chi connectivity index (χ2v) is 9.41. The van der Waals surface area contributed by atoms with Crippen molar-refractivity contribution in [1.82, 2.24) is 4.90 Å². The van der Waals surface area contributed by atoms with Gasteiger partial charge >= 0.3 is 12.1 Å². The fraction of sp³-hybridized carbons (Fsp3) is 0.286. The molecule has 1 unspecified atom stereocenters. The van der Waals surface area contributed by atoms with Gasteiger partial charge in [0.2, 0.25) is 5.96 Å². The average molecular weight is 561 g/mol. The van der Waals surface area contributed by atoms with Crippen LogP contribution in [0.5, 0.6) is 5.75 Å². The Balaban J connectivity index is 1.58. The molecule has 0 saturated carbocycles. The van der Waals surface area contributed by atoms with Crippen LogP contribution in [0.2, 0.25) is 0 Å². The second kappa shape index (κ2) is 10.7. The number of fused-ring (bicyclic) bond motifs is 1. The number of nitrogens with zero attached hydrogens (tertiary/aromatic N) is 4. The number of rotatable bonds is 5. The number of halogens is 5. The Bertz CT molecular complexity index is 1450.